The maximum absolute atomic E-state index is 9.75. The monoisotopic (exact) mass is 308 g/mol. The quantitative estimate of drug-likeness (QED) is 0.785. The first-order chi connectivity index (χ1) is 11.8. The van der Waals surface area contributed by atoms with Crippen LogP contribution in [-0.2, 0) is 0 Å². The Balaban J connectivity index is 1.91. The first kappa shape index (κ1) is 14.5. The summed E-state index contributed by atoms with van der Waals surface area (Å²) in [4.78, 5) is 0. The zero-order valence-electron chi connectivity index (χ0n) is 13.2. The Hall–Kier alpha value is -3.10. The van der Waals surface area contributed by atoms with E-state index in [0.717, 1.165) is 39.8 Å². The minimum atomic E-state index is 0.209. The first-order valence-electron chi connectivity index (χ1n) is 8.20. The Morgan fingerprint density at radius 2 is 1.08 bits per heavy atom. The Morgan fingerprint density at radius 3 is 1.46 bits per heavy atom. The number of hydrogen-bond acceptors (Lipinski definition) is 2. The van der Waals surface area contributed by atoms with Crippen molar-refractivity contribution in [2.24, 2.45) is 11.8 Å². The van der Waals surface area contributed by atoms with Gasteiger partial charge in [0.15, 0.2) is 0 Å². The van der Waals surface area contributed by atoms with Crippen molar-refractivity contribution in [1.82, 2.24) is 0 Å². The van der Waals surface area contributed by atoms with Crippen LogP contribution in [0.1, 0.15) is 24.0 Å². The highest BCUT2D eigenvalue weighted by molar-refractivity contribution is 5.87. The van der Waals surface area contributed by atoms with Crippen molar-refractivity contribution in [3.63, 3.8) is 0 Å². The molecule has 2 aromatic rings. The normalized spacial score (nSPS) is 22.2. The van der Waals surface area contributed by atoms with Gasteiger partial charge in [0, 0.05) is 29.4 Å². The van der Waals surface area contributed by atoms with Crippen molar-refractivity contribution in [2.45, 2.75) is 12.8 Å². The fourth-order valence-electron chi connectivity index (χ4n) is 3.74. The van der Waals surface area contributed by atoms with Gasteiger partial charge in [-0.1, -0.05) is 60.7 Å². The highest BCUT2D eigenvalue weighted by Gasteiger charge is 2.47. The van der Waals surface area contributed by atoms with Crippen LogP contribution in [0.2, 0.25) is 0 Å². The van der Waals surface area contributed by atoms with Gasteiger partial charge in [-0.25, -0.2) is 0 Å². The van der Waals surface area contributed by atoms with E-state index in [4.69, 9.17) is 0 Å². The third-order valence-corrected chi connectivity index (χ3v) is 5.02. The third-order valence-electron chi connectivity index (χ3n) is 5.02. The minimum Gasteiger partial charge on any atom is -0.193 e. The molecule has 2 aromatic carbocycles. The van der Waals surface area contributed by atoms with Crippen molar-refractivity contribution in [3.8, 4) is 12.1 Å². The summed E-state index contributed by atoms with van der Waals surface area (Å²) < 4.78 is 0. The van der Waals surface area contributed by atoms with E-state index in [-0.39, 0.29) is 11.8 Å². The highest BCUT2D eigenvalue weighted by Crippen LogP contribution is 2.55. The van der Waals surface area contributed by atoms with Crippen LogP contribution in [0, 0.1) is 34.5 Å². The zero-order chi connectivity index (χ0) is 16.5. The van der Waals surface area contributed by atoms with E-state index in [0.29, 0.717) is 6.42 Å². The Kier molecular flexibility index (Phi) is 3.52. The molecule has 2 nitrogen and oxygen atoms in total. The molecule has 24 heavy (non-hydrogen) atoms. The van der Waals surface area contributed by atoms with Gasteiger partial charge in [-0.05, 0) is 28.7 Å². The van der Waals surface area contributed by atoms with Gasteiger partial charge in [-0.3, -0.25) is 0 Å². The molecule has 0 aromatic heterocycles. The molecule has 1 fully saturated rings. The fourth-order valence-corrected chi connectivity index (χ4v) is 3.74. The maximum atomic E-state index is 9.75. The first-order valence-corrected chi connectivity index (χ1v) is 8.20. The van der Waals surface area contributed by atoms with Crippen molar-refractivity contribution in [3.05, 3.63) is 82.9 Å². The summed E-state index contributed by atoms with van der Waals surface area (Å²) in [6.45, 7) is 0. The van der Waals surface area contributed by atoms with Gasteiger partial charge in [0.2, 0.25) is 0 Å². The molecular weight excluding hydrogens is 292 g/mol. The van der Waals surface area contributed by atoms with Crippen molar-refractivity contribution in [2.75, 3.05) is 0 Å². The molecule has 0 amide bonds. The summed E-state index contributed by atoms with van der Waals surface area (Å²) in [6, 6.07) is 25.1. The van der Waals surface area contributed by atoms with Crippen LogP contribution in [0.3, 0.4) is 0 Å². The van der Waals surface area contributed by atoms with Crippen LogP contribution >= 0.6 is 0 Å². The fraction of sp³-hybridized carbons (Fsp3) is 0.182. The lowest BCUT2D eigenvalue weighted by Crippen LogP contribution is -1.95. The minimum absolute atomic E-state index is 0.209. The molecule has 2 aliphatic carbocycles. The van der Waals surface area contributed by atoms with Gasteiger partial charge < -0.3 is 0 Å². The second-order valence-corrected chi connectivity index (χ2v) is 6.37. The Morgan fingerprint density at radius 1 is 0.667 bits per heavy atom. The molecule has 4 rings (SSSR count). The molecule has 2 heteroatoms. The molecule has 114 valence electrons. The number of rotatable bonds is 2. The number of benzene rings is 2. The van der Waals surface area contributed by atoms with Gasteiger partial charge in [-0.2, -0.15) is 10.5 Å². The topological polar surface area (TPSA) is 47.6 Å². The lowest BCUT2D eigenvalue weighted by Gasteiger charge is -2.14. The van der Waals surface area contributed by atoms with Crippen LogP contribution in [0.15, 0.2) is 71.8 Å². The SMILES string of the molecule is N#CC1=C(c2ccccc2)CC(c2ccccc2)=C(C#N)C2CC12. The van der Waals surface area contributed by atoms with Gasteiger partial charge in [-0.15, -0.1) is 0 Å². The second-order valence-electron chi connectivity index (χ2n) is 6.37. The molecule has 0 N–H and O–H groups in total. The summed E-state index contributed by atoms with van der Waals surface area (Å²) in [5, 5.41) is 19.5. The predicted octanol–water partition coefficient (Wildman–Crippen LogP) is 4.98. The average molecular weight is 308 g/mol. The molecule has 2 atom stereocenters. The van der Waals surface area contributed by atoms with E-state index >= 15 is 0 Å². The largest absolute Gasteiger partial charge is 0.193 e. The molecular formula is C22H16N2. The second kappa shape index (κ2) is 5.84. The number of nitrogens with zero attached hydrogens (tertiary/aromatic N) is 2. The molecule has 0 saturated heterocycles. The van der Waals surface area contributed by atoms with Crippen LogP contribution < -0.4 is 0 Å². The van der Waals surface area contributed by atoms with Crippen LogP contribution in [0.25, 0.3) is 11.1 Å². The van der Waals surface area contributed by atoms with Crippen molar-refractivity contribution in [1.29, 1.82) is 10.5 Å². The third kappa shape index (κ3) is 2.34. The van der Waals surface area contributed by atoms with Gasteiger partial charge in [0.05, 0.1) is 12.1 Å². The molecule has 0 radical (unpaired) electrons. The van der Waals surface area contributed by atoms with Crippen LogP contribution in [-0.4, -0.2) is 0 Å². The Bertz CT molecular complexity index is 844. The number of allylic oxidation sites excluding steroid dienone is 4. The molecule has 0 aliphatic heterocycles. The summed E-state index contributed by atoms with van der Waals surface area (Å²) in [6.07, 6.45) is 1.56. The average Bonchev–Trinajstić information content (AvgIpc) is 3.42. The lowest BCUT2D eigenvalue weighted by atomic mass is 9.89. The Labute approximate surface area is 142 Å². The van der Waals surface area contributed by atoms with E-state index < -0.39 is 0 Å². The number of hydrogen-bond donors (Lipinski definition) is 0. The zero-order valence-corrected chi connectivity index (χ0v) is 13.2. The molecule has 1 saturated carbocycles. The molecule has 0 spiro atoms. The van der Waals surface area contributed by atoms with E-state index in [1.165, 1.54) is 0 Å². The van der Waals surface area contributed by atoms with E-state index in [1.54, 1.807) is 0 Å². The number of nitriles is 2. The molecule has 0 heterocycles. The van der Waals surface area contributed by atoms with E-state index in [2.05, 4.69) is 36.4 Å². The number of fused-ring (bicyclic) bond motifs is 1. The van der Waals surface area contributed by atoms with Gasteiger partial charge >= 0.3 is 0 Å². The van der Waals surface area contributed by atoms with Crippen LogP contribution in [0.5, 0.6) is 0 Å². The van der Waals surface area contributed by atoms with Crippen molar-refractivity contribution < 1.29 is 0 Å². The van der Waals surface area contributed by atoms with E-state index in [9.17, 15) is 10.5 Å². The molecule has 2 unspecified atom stereocenters. The predicted molar refractivity (Wildman–Crippen MR) is 94.2 cm³/mol. The summed E-state index contributed by atoms with van der Waals surface area (Å²) in [5.74, 6) is 0.419. The molecule has 0 bridgehead atoms. The molecule has 2 aliphatic rings. The lowest BCUT2D eigenvalue weighted by molar-refractivity contribution is 0.936. The maximum Gasteiger partial charge on any atom is 0.0953 e. The summed E-state index contributed by atoms with van der Waals surface area (Å²) >= 11 is 0. The summed E-state index contributed by atoms with van der Waals surface area (Å²) in [5.41, 5.74) is 6.07. The van der Waals surface area contributed by atoms with Crippen LogP contribution in [0.4, 0.5) is 0 Å². The summed E-state index contributed by atoms with van der Waals surface area (Å²) in [7, 11) is 0. The van der Waals surface area contributed by atoms with Gasteiger partial charge in [0.25, 0.3) is 0 Å². The van der Waals surface area contributed by atoms with Gasteiger partial charge in [0.1, 0.15) is 0 Å². The van der Waals surface area contributed by atoms with Crippen molar-refractivity contribution >= 4 is 11.1 Å². The highest BCUT2D eigenvalue weighted by atomic mass is 14.5. The smallest absolute Gasteiger partial charge is 0.0953 e. The van der Waals surface area contributed by atoms with E-state index in [1.807, 2.05) is 36.4 Å². The standard InChI is InChI=1S/C22H16N2/c23-13-21-17(15-7-3-1-4-8-15)11-18(16-9-5-2-6-10-16)22(14-24)20-12-19(20)21/h1-10,19-20H,11-12H2.